The third-order valence-electron chi connectivity index (χ3n) is 3.43. The van der Waals surface area contributed by atoms with Crippen molar-refractivity contribution >= 4 is 12.4 Å². The first kappa shape index (κ1) is 12.2. The number of halogens is 1. The average Bonchev–Trinajstić information content (AvgIpc) is 2.44. The summed E-state index contributed by atoms with van der Waals surface area (Å²) in [5, 5.41) is 0. The van der Waals surface area contributed by atoms with Crippen molar-refractivity contribution in [3.63, 3.8) is 0 Å². The zero-order valence-electron chi connectivity index (χ0n) is 8.87. The van der Waals surface area contributed by atoms with E-state index in [-0.39, 0.29) is 12.4 Å². The normalized spacial score (nSPS) is 30.9. The van der Waals surface area contributed by atoms with E-state index < -0.39 is 0 Å². The summed E-state index contributed by atoms with van der Waals surface area (Å²) in [6.07, 6.45) is 2.40. The van der Waals surface area contributed by atoms with Crippen LogP contribution in [0.2, 0.25) is 0 Å². The highest BCUT2D eigenvalue weighted by Gasteiger charge is 2.39. The van der Waals surface area contributed by atoms with Gasteiger partial charge in [0.1, 0.15) is 0 Å². The number of nitrogens with zero attached hydrogens (tertiary/aromatic N) is 1. The molecule has 0 bridgehead atoms. The van der Waals surface area contributed by atoms with E-state index in [4.69, 9.17) is 10.5 Å². The zero-order valence-corrected chi connectivity index (χ0v) is 9.68. The van der Waals surface area contributed by atoms with Gasteiger partial charge in [0.25, 0.3) is 0 Å². The highest BCUT2D eigenvalue weighted by molar-refractivity contribution is 5.85. The fraction of sp³-hybridized carbons (Fsp3) is 1.00. The largest absolute Gasteiger partial charge is 0.380 e. The van der Waals surface area contributed by atoms with Gasteiger partial charge in [0.2, 0.25) is 0 Å². The van der Waals surface area contributed by atoms with Crippen molar-refractivity contribution in [2.45, 2.75) is 25.8 Å². The highest BCUT2D eigenvalue weighted by atomic mass is 35.5. The molecule has 0 aliphatic carbocycles. The smallest absolute Gasteiger partial charge is 0.0557 e. The number of nitrogens with two attached hydrogens (primary N) is 1. The van der Waals surface area contributed by atoms with E-state index in [1.807, 2.05) is 0 Å². The minimum Gasteiger partial charge on any atom is -0.380 e. The first-order valence-corrected chi connectivity index (χ1v) is 5.30. The van der Waals surface area contributed by atoms with E-state index in [2.05, 4.69) is 11.8 Å². The Morgan fingerprint density at radius 2 is 2.21 bits per heavy atom. The van der Waals surface area contributed by atoms with Gasteiger partial charge in [0.05, 0.1) is 13.2 Å². The molecule has 0 aromatic carbocycles. The lowest BCUT2D eigenvalue weighted by molar-refractivity contribution is -0.126. The molecule has 2 heterocycles. The number of hydrogen-bond acceptors (Lipinski definition) is 3. The molecule has 3 nitrogen and oxygen atoms in total. The molecule has 0 amide bonds. The summed E-state index contributed by atoms with van der Waals surface area (Å²) in [7, 11) is 0. The molecule has 0 aromatic rings. The summed E-state index contributed by atoms with van der Waals surface area (Å²) in [5.41, 5.74) is 6.33. The molecule has 2 saturated heterocycles. The Balaban J connectivity index is 0.000000980. The van der Waals surface area contributed by atoms with E-state index in [0.717, 1.165) is 19.8 Å². The molecule has 2 aliphatic rings. The summed E-state index contributed by atoms with van der Waals surface area (Å²) in [6.45, 7) is 7.63. The van der Waals surface area contributed by atoms with Crippen LogP contribution in [0, 0.1) is 5.41 Å². The van der Waals surface area contributed by atoms with Crippen molar-refractivity contribution in [1.29, 1.82) is 0 Å². The Hall–Kier alpha value is 0.170. The number of ether oxygens (including phenoxy) is 1. The lowest BCUT2D eigenvalue weighted by Crippen LogP contribution is -2.50. The van der Waals surface area contributed by atoms with Crippen molar-refractivity contribution in [3.8, 4) is 0 Å². The average molecular weight is 221 g/mol. The SMILES string of the molecule is CCC1(CN2CCC(N)C2)COC1.Cl. The standard InChI is InChI=1S/C10H20N2O.ClH/c1-2-10(7-13-8-10)6-12-4-3-9(11)5-12;/h9H,2-8,11H2,1H3;1H. The zero-order chi connectivity index (χ0) is 9.31. The van der Waals surface area contributed by atoms with E-state index in [9.17, 15) is 0 Å². The number of hydrogen-bond donors (Lipinski definition) is 1. The van der Waals surface area contributed by atoms with Gasteiger partial charge in [0, 0.05) is 24.5 Å². The molecule has 0 spiro atoms. The lowest BCUT2D eigenvalue weighted by atomic mass is 9.83. The lowest BCUT2D eigenvalue weighted by Gasteiger charge is -2.43. The van der Waals surface area contributed by atoms with Crippen LogP contribution < -0.4 is 5.73 Å². The quantitative estimate of drug-likeness (QED) is 0.767. The molecule has 0 saturated carbocycles. The summed E-state index contributed by atoms with van der Waals surface area (Å²) >= 11 is 0. The van der Waals surface area contributed by atoms with Crippen molar-refractivity contribution in [1.82, 2.24) is 4.90 Å². The van der Waals surface area contributed by atoms with Gasteiger partial charge in [0.15, 0.2) is 0 Å². The van der Waals surface area contributed by atoms with Crippen LogP contribution in [0.15, 0.2) is 0 Å². The van der Waals surface area contributed by atoms with Crippen LogP contribution in [-0.4, -0.2) is 43.8 Å². The Labute approximate surface area is 92.4 Å². The van der Waals surface area contributed by atoms with E-state index in [1.54, 1.807) is 0 Å². The second-order valence-electron chi connectivity index (χ2n) is 4.63. The van der Waals surface area contributed by atoms with Crippen molar-refractivity contribution in [2.24, 2.45) is 11.1 Å². The Bertz CT molecular complexity index is 179. The maximum atomic E-state index is 5.87. The van der Waals surface area contributed by atoms with Gasteiger partial charge in [-0.2, -0.15) is 0 Å². The summed E-state index contributed by atoms with van der Waals surface area (Å²) in [6, 6.07) is 0.412. The summed E-state index contributed by atoms with van der Waals surface area (Å²) in [5.74, 6) is 0. The fourth-order valence-electron chi connectivity index (χ4n) is 2.28. The highest BCUT2D eigenvalue weighted by Crippen LogP contribution is 2.32. The molecule has 84 valence electrons. The Morgan fingerprint density at radius 1 is 1.50 bits per heavy atom. The second kappa shape index (κ2) is 4.79. The third kappa shape index (κ3) is 2.40. The molecule has 0 aromatic heterocycles. The molecule has 2 N–H and O–H groups in total. The molecule has 2 fully saturated rings. The second-order valence-corrected chi connectivity index (χ2v) is 4.63. The molecule has 1 atom stereocenters. The molecule has 1 unspecified atom stereocenters. The molecule has 2 aliphatic heterocycles. The Kier molecular flexibility index (Phi) is 4.19. The van der Waals surface area contributed by atoms with Crippen LogP contribution in [0.4, 0.5) is 0 Å². The number of rotatable bonds is 3. The topological polar surface area (TPSA) is 38.5 Å². The third-order valence-corrected chi connectivity index (χ3v) is 3.43. The van der Waals surface area contributed by atoms with Crippen molar-refractivity contribution < 1.29 is 4.74 Å². The predicted octanol–water partition coefficient (Wildman–Crippen LogP) is 0.868. The maximum Gasteiger partial charge on any atom is 0.0557 e. The van der Waals surface area contributed by atoms with Crippen LogP contribution in [0.1, 0.15) is 19.8 Å². The predicted molar refractivity (Wildman–Crippen MR) is 59.8 cm³/mol. The Morgan fingerprint density at radius 3 is 2.57 bits per heavy atom. The minimum atomic E-state index is 0. The van der Waals surface area contributed by atoms with Crippen LogP contribution in [0.3, 0.4) is 0 Å². The van der Waals surface area contributed by atoms with Crippen LogP contribution >= 0.6 is 12.4 Å². The monoisotopic (exact) mass is 220 g/mol. The summed E-state index contributed by atoms with van der Waals surface area (Å²) in [4.78, 5) is 2.50. The fourth-order valence-corrected chi connectivity index (χ4v) is 2.28. The van der Waals surface area contributed by atoms with Crippen LogP contribution in [0.5, 0.6) is 0 Å². The van der Waals surface area contributed by atoms with E-state index in [1.165, 1.54) is 25.9 Å². The van der Waals surface area contributed by atoms with Gasteiger partial charge < -0.3 is 15.4 Å². The van der Waals surface area contributed by atoms with Gasteiger partial charge in [-0.25, -0.2) is 0 Å². The molecule has 2 rings (SSSR count). The molecule has 4 heteroatoms. The maximum absolute atomic E-state index is 5.87. The number of likely N-dealkylation sites (tertiary alicyclic amines) is 1. The van der Waals surface area contributed by atoms with Gasteiger partial charge in [-0.1, -0.05) is 6.92 Å². The van der Waals surface area contributed by atoms with Crippen LogP contribution in [-0.2, 0) is 4.74 Å². The molecular weight excluding hydrogens is 200 g/mol. The molecule has 14 heavy (non-hydrogen) atoms. The van der Waals surface area contributed by atoms with Crippen LogP contribution in [0.25, 0.3) is 0 Å². The van der Waals surface area contributed by atoms with Crippen molar-refractivity contribution in [3.05, 3.63) is 0 Å². The van der Waals surface area contributed by atoms with Gasteiger partial charge in [-0.3, -0.25) is 0 Å². The van der Waals surface area contributed by atoms with Crippen molar-refractivity contribution in [2.75, 3.05) is 32.8 Å². The van der Waals surface area contributed by atoms with E-state index >= 15 is 0 Å². The van der Waals surface area contributed by atoms with Gasteiger partial charge >= 0.3 is 0 Å². The first-order valence-electron chi connectivity index (χ1n) is 5.30. The van der Waals surface area contributed by atoms with Gasteiger partial charge in [-0.15, -0.1) is 12.4 Å². The molecular formula is C10H21ClN2O. The summed E-state index contributed by atoms with van der Waals surface area (Å²) < 4.78 is 5.31. The minimum absolute atomic E-state index is 0. The van der Waals surface area contributed by atoms with Gasteiger partial charge in [-0.05, 0) is 19.4 Å². The molecule has 0 radical (unpaired) electrons. The first-order chi connectivity index (χ1) is 6.24. The van der Waals surface area contributed by atoms with E-state index in [0.29, 0.717) is 11.5 Å².